The van der Waals surface area contributed by atoms with Crippen LogP contribution in [0.2, 0.25) is 0 Å². The molecule has 0 heterocycles. The second-order valence-corrected chi connectivity index (χ2v) is 7.31. The van der Waals surface area contributed by atoms with Gasteiger partial charge >= 0.3 is 5.97 Å². The maximum atomic E-state index is 14.8. The minimum Gasteiger partial charge on any atom is -0.497 e. The van der Waals surface area contributed by atoms with Crippen molar-refractivity contribution in [2.75, 3.05) is 7.11 Å². The van der Waals surface area contributed by atoms with Crippen LogP contribution in [0.15, 0.2) is 53.4 Å². The average Bonchev–Trinajstić information content (AvgIpc) is 2.59. The van der Waals surface area contributed by atoms with Crippen molar-refractivity contribution in [1.29, 1.82) is 0 Å². The van der Waals surface area contributed by atoms with Crippen LogP contribution in [0.5, 0.6) is 5.75 Å². The Labute approximate surface area is 151 Å². The molecule has 0 amide bonds. The number of rotatable bonds is 6. The van der Waals surface area contributed by atoms with E-state index in [0.717, 1.165) is 16.4 Å². The van der Waals surface area contributed by atoms with Crippen LogP contribution in [0, 0.1) is 0 Å². The molecule has 0 saturated heterocycles. The topological polar surface area (TPSA) is 35.5 Å². The third-order valence-electron chi connectivity index (χ3n) is 4.37. The number of hydrogen-bond donors (Lipinski definition) is 0. The van der Waals surface area contributed by atoms with Crippen molar-refractivity contribution in [3.63, 3.8) is 0 Å². The predicted molar refractivity (Wildman–Crippen MR) is 96.6 cm³/mol. The highest BCUT2D eigenvalue weighted by Crippen LogP contribution is 2.47. The number of halogens is 1. The van der Waals surface area contributed by atoms with E-state index in [1.54, 1.807) is 18.9 Å². The number of alkyl halides is 1. The molecule has 0 N–H and O–H groups in total. The molecule has 0 bridgehead atoms. The summed E-state index contributed by atoms with van der Waals surface area (Å²) >= 11 is 1.71. The maximum Gasteiger partial charge on any atom is 0.302 e. The van der Waals surface area contributed by atoms with Crippen molar-refractivity contribution in [2.45, 2.75) is 42.2 Å². The summed E-state index contributed by atoms with van der Waals surface area (Å²) in [5, 5.41) is 0. The monoisotopic (exact) mass is 360 g/mol. The maximum absolute atomic E-state index is 14.8. The van der Waals surface area contributed by atoms with Crippen LogP contribution in [0.3, 0.4) is 0 Å². The molecule has 0 aliphatic heterocycles. The number of ether oxygens (including phenoxy) is 2. The number of carbonyl (C=O) groups is 1. The number of thioether (sulfide) groups is 1. The lowest BCUT2D eigenvalue weighted by Crippen LogP contribution is -2.43. The molecule has 2 aromatic carbocycles. The molecule has 1 saturated carbocycles. The Morgan fingerprint density at radius 3 is 2.36 bits per heavy atom. The molecule has 0 atom stereocenters. The van der Waals surface area contributed by atoms with Crippen molar-refractivity contribution >= 4 is 17.7 Å². The Bertz CT molecular complexity index is 722. The largest absolute Gasteiger partial charge is 0.497 e. The second kappa shape index (κ2) is 7.48. The lowest BCUT2D eigenvalue weighted by molar-refractivity contribution is -0.161. The Hall–Kier alpha value is -2.01. The lowest BCUT2D eigenvalue weighted by atomic mass is 9.74. The third-order valence-corrected chi connectivity index (χ3v) is 5.45. The normalized spacial score (nSPS) is 22.1. The van der Waals surface area contributed by atoms with Gasteiger partial charge < -0.3 is 9.47 Å². The molecular formula is C20H21FO3S. The van der Waals surface area contributed by atoms with E-state index in [1.165, 1.54) is 12.5 Å². The van der Waals surface area contributed by atoms with Gasteiger partial charge in [-0.1, -0.05) is 24.3 Å². The molecule has 3 nitrogen and oxygen atoms in total. The number of hydrogen-bond acceptors (Lipinski definition) is 4. The zero-order chi connectivity index (χ0) is 17.9. The molecule has 5 heteroatoms. The zero-order valence-electron chi connectivity index (χ0n) is 14.3. The van der Waals surface area contributed by atoms with E-state index in [2.05, 4.69) is 0 Å². The molecule has 1 fully saturated rings. The van der Waals surface area contributed by atoms with Gasteiger partial charge in [0.1, 0.15) is 17.5 Å². The number of carbonyl (C=O) groups excluding carboxylic acids is 1. The third kappa shape index (κ3) is 4.34. The SMILES string of the molecule is COc1ccc(CSc2ccc(C3(F)CC(OC(C)=O)C3)cc2)cc1. The smallest absolute Gasteiger partial charge is 0.302 e. The standard InChI is InChI=1S/C20H21FO3S/c1-14(22)24-18-11-20(21,12-18)16-5-9-19(10-6-16)25-13-15-3-7-17(23-2)8-4-15/h3-10,18H,11-13H2,1-2H3. The van der Waals surface area contributed by atoms with Gasteiger partial charge in [0, 0.05) is 30.4 Å². The minimum atomic E-state index is -1.38. The minimum absolute atomic E-state index is 0.241. The highest BCUT2D eigenvalue weighted by molar-refractivity contribution is 7.98. The van der Waals surface area contributed by atoms with E-state index in [-0.39, 0.29) is 24.9 Å². The van der Waals surface area contributed by atoms with E-state index in [9.17, 15) is 9.18 Å². The van der Waals surface area contributed by atoms with E-state index in [4.69, 9.17) is 9.47 Å². The van der Waals surface area contributed by atoms with Gasteiger partial charge in [-0.2, -0.15) is 0 Å². The van der Waals surface area contributed by atoms with E-state index in [1.807, 2.05) is 48.5 Å². The van der Waals surface area contributed by atoms with E-state index < -0.39 is 5.67 Å². The molecule has 25 heavy (non-hydrogen) atoms. The predicted octanol–water partition coefficient (Wildman–Crippen LogP) is 4.88. The van der Waals surface area contributed by atoms with Crippen molar-refractivity contribution in [2.24, 2.45) is 0 Å². The molecule has 2 aromatic rings. The summed E-state index contributed by atoms with van der Waals surface area (Å²) in [5.41, 5.74) is 0.490. The molecule has 0 spiro atoms. The van der Waals surface area contributed by atoms with Crippen LogP contribution in [0.1, 0.15) is 30.9 Å². The molecular weight excluding hydrogens is 339 g/mol. The van der Waals surface area contributed by atoms with Crippen molar-refractivity contribution in [1.82, 2.24) is 0 Å². The summed E-state index contributed by atoms with van der Waals surface area (Å²) in [5.74, 6) is 1.34. The molecule has 1 aliphatic rings. The Kier molecular flexibility index (Phi) is 5.33. The summed E-state index contributed by atoms with van der Waals surface area (Å²) in [6.07, 6.45) is 0.183. The zero-order valence-corrected chi connectivity index (χ0v) is 15.1. The first-order chi connectivity index (χ1) is 12.0. The fourth-order valence-electron chi connectivity index (χ4n) is 2.95. The van der Waals surface area contributed by atoms with E-state index >= 15 is 0 Å². The van der Waals surface area contributed by atoms with Crippen molar-refractivity contribution < 1.29 is 18.7 Å². The van der Waals surface area contributed by atoms with Gasteiger partial charge in [-0.15, -0.1) is 11.8 Å². The molecule has 0 radical (unpaired) electrons. The van der Waals surface area contributed by atoms with Gasteiger partial charge in [-0.3, -0.25) is 4.79 Å². The summed E-state index contributed by atoms with van der Waals surface area (Å²) in [6.45, 7) is 1.35. The molecule has 0 aromatic heterocycles. The Morgan fingerprint density at radius 2 is 1.80 bits per heavy atom. The summed E-state index contributed by atoms with van der Waals surface area (Å²) in [4.78, 5) is 12.0. The molecule has 0 unspecified atom stereocenters. The van der Waals surface area contributed by atoms with Crippen LogP contribution in [-0.2, 0) is 21.0 Å². The fraction of sp³-hybridized carbons (Fsp3) is 0.350. The van der Waals surface area contributed by atoms with Crippen molar-refractivity contribution in [3.8, 4) is 5.75 Å². The van der Waals surface area contributed by atoms with Gasteiger partial charge in [0.2, 0.25) is 0 Å². The highest BCUT2D eigenvalue weighted by atomic mass is 32.2. The summed E-state index contributed by atoms with van der Waals surface area (Å²) in [7, 11) is 1.65. The molecule has 3 rings (SSSR count). The first kappa shape index (κ1) is 17.8. The number of methoxy groups -OCH3 is 1. The van der Waals surface area contributed by atoms with Crippen LogP contribution in [0.25, 0.3) is 0 Å². The first-order valence-corrected chi connectivity index (χ1v) is 9.19. The van der Waals surface area contributed by atoms with Crippen molar-refractivity contribution in [3.05, 3.63) is 59.7 Å². The molecule has 132 valence electrons. The van der Waals surface area contributed by atoms with Crippen LogP contribution >= 0.6 is 11.8 Å². The second-order valence-electron chi connectivity index (χ2n) is 6.27. The quantitative estimate of drug-likeness (QED) is 0.543. The van der Waals surface area contributed by atoms with Gasteiger partial charge in [-0.25, -0.2) is 4.39 Å². The van der Waals surface area contributed by atoms with E-state index in [0.29, 0.717) is 5.56 Å². The van der Waals surface area contributed by atoms with Gasteiger partial charge in [0.25, 0.3) is 0 Å². The fourth-order valence-corrected chi connectivity index (χ4v) is 3.81. The average molecular weight is 360 g/mol. The lowest BCUT2D eigenvalue weighted by Gasteiger charge is -2.40. The van der Waals surface area contributed by atoms with Crippen LogP contribution in [0.4, 0.5) is 4.39 Å². The van der Waals surface area contributed by atoms with Gasteiger partial charge in [-0.05, 0) is 35.4 Å². The summed E-state index contributed by atoms with van der Waals surface area (Å²) in [6, 6.07) is 15.5. The van der Waals surface area contributed by atoms with Crippen LogP contribution in [-0.4, -0.2) is 19.2 Å². The van der Waals surface area contributed by atoms with Crippen LogP contribution < -0.4 is 4.74 Å². The van der Waals surface area contributed by atoms with Gasteiger partial charge in [0.15, 0.2) is 0 Å². The first-order valence-electron chi connectivity index (χ1n) is 8.21. The highest BCUT2D eigenvalue weighted by Gasteiger charge is 2.48. The number of benzene rings is 2. The van der Waals surface area contributed by atoms with Gasteiger partial charge in [0.05, 0.1) is 7.11 Å². The summed E-state index contributed by atoms with van der Waals surface area (Å²) < 4.78 is 25.0. The Morgan fingerprint density at radius 1 is 1.16 bits per heavy atom. The number of esters is 1. The molecule has 1 aliphatic carbocycles. The Balaban J connectivity index is 1.54.